The van der Waals surface area contributed by atoms with Crippen molar-refractivity contribution in [1.82, 2.24) is 4.57 Å². The molecule has 0 radical (unpaired) electrons. The Hall–Kier alpha value is -3.38. The van der Waals surface area contributed by atoms with Crippen molar-refractivity contribution in [2.24, 2.45) is 0 Å². The third kappa shape index (κ3) is 2.98. The fourth-order valence-corrected chi connectivity index (χ4v) is 5.62. The summed E-state index contributed by atoms with van der Waals surface area (Å²) in [4.78, 5) is 26.1. The van der Waals surface area contributed by atoms with E-state index < -0.39 is 11.9 Å². The van der Waals surface area contributed by atoms with Gasteiger partial charge in [-0.2, -0.15) is 0 Å². The van der Waals surface area contributed by atoms with Crippen molar-refractivity contribution in [2.45, 2.75) is 33.2 Å². The standard InChI is InChI=1S/C26H23NO4S/c1-4-5-14-27-15(2)20(16-10-6-8-12-18(16)27)22-23(25(29)31-24(22)28)21-17-11-7-9-13-19(17)32-26(21)30-3/h6-13H,4-5,14H2,1-3H3. The molecule has 0 fully saturated rings. The molecule has 2 aromatic heterocycles. The van der Waals surface area contributed by atoms with E-state index in [9.17, 15) is 9.59 Å². The van der Waals surface area contributed by atoms with E-state index in [1.54, 1.807) is 7.11 Å². The van der Waals surface area contributed by atoms with Crippen LogP contribution in [0.2, 0.25) is 0 Å². The van der Waals surface area contributed by atoms with Gasteiger partial charge in [0.15, 0.2) is 5.06 Å². The Bertz CT molecular complexity index is 1420. The first-order chi connectivity index (χ1) is 15.6. The first kappa shape index (κ1) is 20.5. The van der Waals surface area contributed by atoms with Crippen LogP contribution in [-0.4, -0.2) is 23.6 Å². The summed E-state index contributed by atoms with van der Waals surface area (Å²) >= 11 is 1.45. The SMILES string of the molecule is CCCCn1c(C)c(C2=C(c3c(OC)sc4ccccc34)C(=O)OC2=O)c2ccccc21. The molecule has 2 aromatic carbocycles. The fraction of sp³-hybridized carbons (Fsp3) is 0.231. The largest absolute Gasteiger partial charge is 0.487 e. The Kier molecular flexibility index (Phi) is 5.10. The number of hydrogen-bond donors (Lipinski definition) is 0. The van der Waals surface area contributed by atoms with E-state index in [1.807, 2.05) is 49.4 Å². The van der Waals surface area contributed by atoms with E-state index in [2.05, 4.69) is 17.6 Å². The molecule has 0 bridgehead atoms. The summed E-state index contributed by atoms with van der Waals surface area (Å²) in [5.41, 5.74) is 4.00. The summed E-state index contributed by atoms with van der Waals surface area (Å²) in [6.45, 7) is 5.01. The van der Waals surface area contributed by atoms with Gasteiger partial charge in [-0.05, 0) is 25.5 Å². The van der Waals surface area contributed by atoms with Crippen LogP contribution < -0.4 is 4.74 Å². The van der Waals surface area contributed by atoms with Crippen molar-refractivity contribution in [2.75, 3.05) is 7.11 Å². The van der Waals surface area contributed by atoms with Gasteiger partial charge in [-0.25, -0.2) is 9.59 Å². The van der Waals surface area contributed by atoms with Gasteiger partial charge in [-0.15, -0.1) is 0 Å². The molecule has 1 aliphatic rings. The second kappa shape index (κ2) is 7.95. The zero-order chi connectivity index (χ0) is 22.4. The van der Waals surface area contributed by atoms with Crippen LogP contribution >= 0.6 is 11.3 Å². The summed E-state index contributed by atoms with van der Waals surface area (Å²) < 4.78 is 14.1. The van der Waals surface area contributed by atoms with E-state index in [4.69, 9.17) is 9.47 Å². The highest BCUT2D eigenvalue weighted by molar-refractivity contribution is 7.21. The Morgan fingerprint density at radius 2 is 1.59 bits per heavy atom. The Labute approximate surface area is 189 Å². The van der Waals surface area contributed by atoms with Crippen LogP contribution in [0.4, 0.5) is 0 Å². The Morgan fingerprint density at radius 3 is 2.31 bits per heavy atom. The van der Waals surface area contributed by atoms with Gasteiger partial charge in [0, 0.05) is 38.8 Å². The van der Waals surface area contributed by atoms with E-state index in [1.165, 1.54) is 11.3 Å². The average Bonchev–Trinajstić information content (AvgIpc) is 3.40. The third-order valence-corrected chi connectivity index (χ3v) is 7.19. The molecule has 0 saturated heterocycles. The molecule has 0 atom stereocenters. The lowest BCUT2D eigenvalue weighted by Crippen LogP contribution is -2.03. The second-order valence-corrected chi connectivity index (χ2v) is 8.89. The van der Waals surface area contributed by atoms with Gasteiger partial charge < -0.3 is 14.0 Å². The maximum absolute atomic E-state index is 13.1. The number of methoxy groups -OCH3 is 1. The number of esters is 2. The maximum Gasteiger partial charge on any atom is 0.347 e. The first-order valence-electron chi connectivity index (χ1n) is 10.7. The van der Waals surface area contributed by atoms with Crippen molar-refractivity contribution in [3.63, 3.8) is 0 Å². The number of carbonyl (C=O) groups excluding carboxylic acids is 2. The lowest BCUT2D eigenvalue weighted by Gasteiger charge is -2.08. The Morgan fingerprint density at radius 1 is 0.938 bits per heavy atom. The van der Waals surface area contributed by atoms with Crippen LogP contribution in [0.5, 0.6) is 5.06 Å². The lowest BCUT2D eigenvalue weighted by atomic mass is 9.94. The number of benzene rings is 2. The van der Waals surface area contributed by atoms with E-state index in [0.717, 1.165) is 51.6 Å². The van der Waals surface area contributed by atoms with Gasteiger partial charge in [-0.3, -0.25) is 0 Å². The molecule has 3 heterocycles. The molecule has 162 valence electrons. The van der Waals surface area contributed by atoms with Crippen molar-refractivity contribution >= 4 is 55.4 Å². The monoisotopic (exact) mass is 445 g/mol. The second-order valence-electron chi connectivity index (χ2n) is 7.87. The van der Waals surface area contributed by atoms with Gasteiger partial charge in [0.1, 0.15) is 0 Å². The molecule has 4 aromatic rings. The molecule has 32 heavy (non-hydrogen) atoms. The zero-order valence-electron chi connectivity index (χ0n) is 18.2. The molecule has 0 N–H and O–H groups in total. The quantitative estimate of drug-likeness (QED) is 0.271. The molecule has 5 nitrogen and oxygen atoms in total. The number of rotatable bonds is 6. The highest BCUT2D eigenvalue weighted by atomic mass is 32.1. The van der Waals surface area contributed by atoms with E-state index in [0.29, 0.717) is 16.2 Å². The van der Waals surface area contributed by atoms with Gasteiger partial charge in [0.2, 0.25) is 0 Å². The molecule has 5 rings (SSSR count). The number of aromatic nitrogens is 1. The van der Waals surface area contributed by atoms with Crippen molar-refractivity contribution in [1.29, 1.82) is 0 Å². The molecule has 0 saturated carbocycles. The van der Waals surface area contributed by atoms with Crippen molar-refractivity contribution < 1.29 is 19.1 Å². The predicted octanol–water partition coefficient (Wildman–Crippen LogP) is 5.97. The van der Waals surface area contributed by atoms with Crippen LogP contribution in [0, 0.1) is 6.92 Å². The van der Waals surface area contributed by atoms with Crippen LogP contribution in [0.3, 0.4) is 0 Å². The molecule has 0 spiro atoms. The number of thiophene rings is 1. The highest BCUT2D eigenvalue weighted by Crippen LogP contribution is 2.48. The minimum Gasteiger partial charge on any atom is -0.487 e. The average molecular weight is 446 g/mol. The number of carbonyl (C=O) groups is 2. The van der Waals surface area contributed by atoms with E-state index in [-0.39, 0.29) is 5.57 Å². The summed E-state index contributed by atoms with van der Waals surface area (Å²) in [6.07, 6.45) is 2.09. The predicted molar refractivity (Wildman–Crippen MR) is 128 cm³/mol. The van der Waals surface area contributed by atoms with Gasteiger partial charge >= 0.3 is 11.9 Å². The smallest absolute Gasteiger partial charge is 0.347 e. The molecule has 1 aliphatic heterocycles. The van der Waals surface area contributed by atoms with Gasteiger partial charge in [0.25, 0.3) is 0 Å². The third-order valence-electron chi connectivity index (χ3n) is 6.06. The number of cyclic esters (lactones) is 2. The van der Waals surface area contributed by atoms with Crippen molar-refractivity contribution in [3.8, 4) is 5.06 Å². The van der Waals surface area contributed by atoms with Crippen LogP contribution in [0.25, 0.3) is 32.1 Å². The molecule has 0 amide bonds. The first-order valence-corrected chi connectivity index (χ1v) is 11.5. The minimum absolute atomic E-state index is 0.283. The number of nitrogens with zero attached hydrogens (tertiary/aromatic N) is 1. The Balaban J connectivity index is 1.87. The van der Waals surface area contributed by atoms with E-state index >= 15 is 0 Å². The molecule has 0 aliphatic carbocycles. The van der Waals surface area contributed by atoms with Crippen LogP contribution in [0.15, 0.2) is 48.5 Å². The highest BCUT2D eigenvalue weighted by Gasteiger charge is 2.40. The number of unbranched alkanes of at least 4 members (excludes halogenated alkanes) is 1. The van der Waals surface area contributed by atoms with Crippen LogP contribution in [0.1, 0.15) is 36.6 Å². The van der Waals surface area contributed by atoms with Crippen molar-refractivity contribution in [3.05, 3.63) is 65.4 Å². The number of fused-ring (bicyclic) bond motifs is 2. The summed E-state index contributed by atoms with van der Waals surface area (Å²) in [5.74, 6) is -1.24. The molecular formula is C26H23NO4S. The molecule has 6 heteroatoms. The number of para-hydroxylation sites is 1. The summed E-state index contributed by atoms with van der Waals surface area (Å²) in [5, 5.41) is 2.41. The fourth-order valence-electron chi connectivity index (χ4n) is 4.60. The molecular weight excluding hydrogens is 422 g/mol. The summed E-state index contributed by atoms with van der Waals surface area (Å²) in [6, 6.07) is 15.8. The number of ether oxygens (including phenoxy) is 2. The molecule has 0 unspecified atom stereocenters. The van der Waals surface area contributed by atoms with Gasteiger partial charge in [-0.1, -0.05) is 61.1 Å². The number of hydrogen-bond acceptors (Lipinski definition) is 5. The van der Waals surface area contributed by atoms with Crippen LogP contribution in [-0.2, 0) is 20.9 Å². The zero-order valence-corrected chi connectivity index (χ0v) is 19.0. The lowest BCUT2D eigenvalue weighted by molar-refractivity contribution is -0.149. The van der Waals surface area contributed by atoms with Gasteiger partial charge in [0.05, 0.1) is 23.8 Å². The summed E-state index contributed by atoms with van der Waals surface area (Å²) in [7, 11) is 1.58. The minimum atomic E-state index is -0.628. The topological polar surface area (TPSA) is 57.5 Å². The number of aryl methyl sites for hydroxylation is 1. The normalized spacial score (nSPS) is 14.1. The maximum atomic E-state index is 13.1.